The number of hydrogen-bond acceptors (Lipinski definition) is 7. The molecule has 1 atom stereocenters. The van der Waals surface area contributed by atoms with E-state index in [1.807, 2.05) is 6.92 Å². The summed E-state index contributed by atoms with van der Waals surface area (Å²) in [4.78, 5) is 45.5. The Hall–Kier alpha value is -3.85. The summed E-state index contributed by atoms with van der Waals surface area (Å²) in [7, 11) is 0. The summed E-state index contributed by atoms with van der Waals surface area (Å²) in [5.41, 5.74) is 0.789. The minimum atomic E-state index is -0.891. The van der Waals surface area contributed by atoms with Crippen LogP contribution in [0.1, 0.15) is 56.9 Å². The highest BCUT2D eigenvalue weighted by atomic mass is 32.1. The standard InChI is InChI=1S/C25H19FN2O5S/c1-4-32-16-7-5-6-14(10-16)20-19-21(30)17-11-15(26)8-9-18(17)33-22(19)24(31)28(20)25-27-12(2)23(34-25)13(3)29/h5-11,20H,4H2,1-3H3/t20-/m1/s1. The van der Waals surface area contributed by atoms with Crippen molar-refractivity contribution in [2.45, 2.75) is 26.8 Å². The number of nitrogens with zero attached hydrogens (tertiary/aromatic N) is 2. The summed E-state index contributed by atoms with van der Waals surface area (Å²) < 4.78 is 25.4. The lowest BCUT2D eigenvalue weighted by molar-refractivity contribution is 0.0969. The molecule has 0 aliphatic carbocycles. The molecule has 0 bridgehead atoms. The van der Waals surface area contributed by atoms with Crippen LogP contribution in [-0.2, 0) is 0 Å². The molecular weight excluding hydrogens is 459 g/mol. The summed E-state index contributed by atoms with van der Waals surface area (Å²) in [5.74, 6) is -0.882. The Morgan fingerprint density at radius 1 is 1.24 bits per heavy atom. The van der Waals surface area contributed by atoms with Crippen LogP contribution in [-0.4, -0.2) is 23.3 Å². The van der Waals surface area contributed by atoms with Crippen molar-refractivity contribution < 1.29 is 23.1 Å². The van der Waals surface area contributed by atoms with Gasteiger partial charge < -0.3 is 9.15 Å². The van der Waals surface area contributed by atoms with Gasteiger partial charge in [-0.2, -0.15) is 0 Å². The summed E-state index contributed by atoms with van der Waals surface area (Å²) >= 11 is 1.07. The lowest BCUT2D eigenvalue weighted by Gasteiger charge is -2.23. The van der Waals surface area contributed by atoms with Gasteiger partial charge in [0.2, 0.25) is 5.76 Å². The number of aryl methyl sites for hydroxylation is 1. The minimum Gasteiger partial charge on any atom is -0.494 e. The fourth-order valence-electron chi connectivity index (χ4n) is 4.21. The number of Topliss-reactive ketones (excluding diaryl/α,β-unsaturated/α-hetero) is 1. The van der Waals surface area contributed by atoms with Crippen LogP contribution >= 0.6 is 11.3 Å². The van der Waals surface area contributed by atoms with Gasteiger partial charge in [-0.1, -0.05) is 23.5 Å². The molecule has 4 aromatic rings. The molecule has 172 valence electrons. The maximum atomic E-state index is 14.0. The molecule has 9 heteroatoms. The highest BCUT2D eigenvalue weighted by Gasteiger charge is 2.45. The van der Waals surface area contributed by atoms with Gasteiger partial charge in [-0.25, -0.2) is 9.37 Å². The molecule has 0 saturated heterocycles. The molecule has 7 nitrogen and oxygen atoms in total. The molecule has 5 rings (SSSR count). The van der Waals surface area contributed by atoms with Gasteiger partial charge in [0.15, 0.2) is 16.3 Å². The molecule has 1 aliphatic rings. The Labute approximate surface area is 197 Å². The monoisotopic (exact) mass is 478 g/mol. The van der Waals surface area contributed by atoms with Gasteiger partial charge in [-0.05, 0) is 49.7 Å². The predicted molar refractivity (Wildman–Crippen MR) is 126 cm³/mol. The Morgan fingerprint density at radius 3 is 2.74 bits per heavy atom. The first-order chi connectivity index (χ1) is 16.3. The van der Waals surface area contributed by atoms with Gasteiger partial charge in [0.1, 0.15) is 17.1 Å². The van der Waals surface area contributed by atoms with Crippen molar-refractivity contribution in [3.63, 3.8) is 0 Å². The number of halogens is 1. The zero-order valence-electron chi connectivity index (χ0n) is 18.5. The van der Waals surface area contributed by atoms with E-state index >= 15 is 0 Å². The van der Waals surface area contributed by atoms with E-state index in [2.05, 4.69) is 4.98 Å². The van der Waals surface area contributed by atoms with E-state index in [0.717, 1.165) is 17.4 Å². The zero-order chi connectivity index (χ0) is 24.1. The van der Waals surface area contributed by atoms with Crippen LogP contribution in [0.15, 0.2) is 51.7 Å². The van der Waals surface area contributed by atoms with E-state index in [1.165, 1.54) is 24.0 Å². The summed E-state index contributed by atoms with van der Waals surface area (Å²) in [6, 6.07) is 9.75. The number of carbonyl (C=O) groups is 2. The van der Waals surface area contributed by atoms with Crippen LogP contribution in [0.2, 0.25) is 0 Å². The van der Waals surface area contributed by atoms with Gasteiger partial charge in [0, 0.05) is 6.92 Å². The van der Waals surface area contributed by atoms with Gasteiger partial charge in [-0.3, -0.25) is 19.3 Å². The second kappa shape index (κ2) is 8.18. The molecule has 0 spiro atoms. The number of amides is 1. The second-order valence-electron chi connectivity index (χ2n) is 7.86. The molecule has 1 aliphatic heterocycles. The van der Waals surface area contributed by atoms with E-state index in [-0.39, 0.29) is 33.2 Å². The number of hydrogen-bond donors (Lipinski definition) is 0. The van der Waals surface area contributed by atoms with Crippen LogP contribution in [0.3, 0.4) is 0 Å². The Balaban J connectivity index is 1.79. The van der Waals surface area contributed by atoms with Crippen molar-refractivity contribution in [3.8, 4) is 5.75 Å². The Kier molecular flexibility index (Phi) is 5.28. The highest BCUT2D eigenvalue weighted by Crippen LogP contribution is 2.43. The van der Waals surface area contributed by atoms with Crippen molar-refractivity contribution in [2.75, 3.05) is 11.5 Å². The summed E-state index contributed by atoms with van der Waals surface area (Å²) in [5, 5.41) is 0.305. The van der Waals surface area contributed by atoms with E-state index in [4.69, 9.17) is 9.15 Å². The van der Waals surface area contributed by atoms with E-state index in [1.54, 1.807) is 31.2 Å². The van der Waals surface area contributed by atoms with Gasteiger partial charge in [-0.15, -0.1) is 0 Å². The van der Waals surface area contributed by atoms with Gasteiger partial charge in [0.05, 0.1) is 34.2 Å². The first-order valence-electron chi connectivity index (χ1n) is 10.6. The van der Waals surface area contributed by atoms with Crippen LogP contribution < -0.4 is 15.1 Å². The van der Waals surface area contributed by atoms with E-state index in [0.29, 0.717) is 28.5 Å². The third-order valence-electron chi connectivity index (χ3n) is 5.63. The number of rotatable bonds is 5. The molecule has 0 fully saturated rings. The van der Waals surface area contributed by atoms with Gasteiger partial charge in [0.25, 0.3) is 5.91 Å². The van der Waals surface area contributed by atoms with Crippen LogP contribution in [0.5, 0.6) is 5.75 Å². The van der Waals surface area contributed by atoms with Crippen molar-refractivity contribution >= 4 is 39.1 Å². The number of anilines is 1. The average molecular weight is 479 g/mol. The predicted octanol–water partition coefficient (Wildman–Crippen LogP) is 5.05. The molecule has 34 heavy (non-hydrogen) atoms. The number of ether oxygens (including phenoxy) is 1. The third kappa shape index (κ3) is 3.40. The molecule has 0 radical (unpaired) electrons. The van der Waals surface area contributed by atoms with Crippen LogP contribution in [0.4, 0.5) is 9.52 Å². The first kappa shape index (κ1) is 22.0. The maximum Gasteiger partial charge on any atom is 0.297 e. The molecule has 0 N–H and O–H groups in total. The molecule has 1 amide bonds. The third-order valence-corrected chi connectivity index (χ3v) is 6.89. The maximum absolute atomic E-state index is 14.0. The zero-order valence-corrected chi connectivity index (χ0v) is 19.4. The number of thiazole rings is 1. The minimum absolute atomic E-state index is 0.0408. The molecular formula is C25H19FN2O5S. The number of carbonyl (C=O) groups excluding carboxylic acids is 2. The normalized spacial score (nSPS) is 15.1. The smallest absolute Gasteiger partial charge is 0.297 e. The number of fused-ring (bicyclic) bond motifs is 2. The molecule has 2 aromatic heterocycles. The van der Waals surface area contributed by atoms with Crippen molar-refractivity contribution in [1.29, 1.82) is 0 Å². The lowest BCUT2D eigenvalue weighted by atomic mass is 9.98. The van der Waals surface area contributed by atoms with Gasteiger partial charge >= 0.3 is 0 Å². The van der Waals surface area contributed by atoms with Crippen LogP contribution in [0.25, 0.3) is 11.0 Å². The van der Waals surface area contributed by atoms with E-state index in [9.17, 15) is 18.8 Å². The molecule has 2 aromatic carbocycles. The largest absolute Gasteiger partial charge is 0.494 e. The fraction of sp³-hybridized carbons (Fsp3) is 0.200. The molecule has 3 heterocycles. The number of benzene rings is 2. The summed E-state index contributed by atoms with van der Waals surface area (Å²) in [6.45, 7) is 5.41. The van der Waals surface area contributed by atoms with Crippen molar-refractivity contribution in [3.05, 3.63) is 86.0 Å². The van der Waals surface area contributed by atoms with E-state index < -0.39 is 23.2 Å². The summed E-state index contributed by atoms with van der Waals surface area (Å²) in [6.07, 6.45) is 0. The lowest BCUT2D eigenvalue weighted by Crippen LogP contribution is -2.29. The number of ketones is 1. The quantitative estimate of drug-likeness (QED) is 0.373. The van der Waals surface area contributed by atoms with Crippen LogP contribution in [0, 0.1) is 12.7 Å². The SMILES string of the molecule is CCOc1cccc([C@@H]2c3c(oc4ccc(F)cc4c3=O)C(=O)N2c2nc(C)c(C(C)=O)s2)c1. The van der Waals surface area contributed by atoms with Crippen molar-refractivity contribution in [1.82, 2.24) is 4.98 Å². The Bertz CT molecular complexity index is 1540. The van der Waals surface area contributed by atoms with Crippen molar-refractivity contribution in [2.24, 2.45) is 0 Å². The second-order valence-corrected chi connectivity index (χ2v) is 8.84. The molecule has 0 saturated carbocycles. The average Bonchev–Trinajstić information content (AvgIpc) is 3.32. The highest BCUT2D eigenvalue weighted by molar-refractivity contribution is 7.17. The fourth-order valence-corrected chi connectivity index (χ4v) is 5.20. The first-order valence-corrected chi connectivity index (χ1v) is 11.4. The molecule has 0 unspecified atom stereocenters. The number of aromatic nitrogens is 1. The topological polar surface area (TPSA) is 89.7 Å². The Morgan fingerprint density at radius 2 is 2.03 bits per heavy atom.